The number of aliphatic carboxylic acids is 1. The second-order valence-corrected chi connectivity index (χ2v) is 5.52. The van der Waals surface area contributed by atoms with E-state index < -0.39 is 23.6 Å². The molecule has 1 aliphatic carbocycles. The van der Waals surface area contributed by atoms with Gasteiger partial charge in [0.15, 0.2) is 0 Å². The van der Waals surface area contributed by atoms with Crippen LogP contribution in [0.4, 0.5) is 4.79 Å². The first-order valence-corrected chi connectivity index (χ1v) is 7.51. The molecule has 0 aromatic carbocycles. The third kappa shape index (κ3) is 4.91. The summed E-state index contributed by atoms with van der Waals surface area (Å²) in [5, 5.41) is 17.1. The van der Waals surface area contributed by atoms with Crippen LogP contribution in [0.25, 0.3) is 0 Å². The van der Waals surface area contributed by atoms with Crippen molar-refractivity contribution in [3.63, 3.8) is 0 Å². The highest BCUT2D eigenvalue weighted by molar-refractivity contribution is 5.90. The molecular weight excluding hydrogens is 274 g/mol. The van der Waals surface area contributed by atoms with Crippen LogP contribution in [0, 0.1) is 0 Å². The van der Waals surface area contributed by atoms with Gasteiger partial charge in [0.25, 0.3) is 0 Å². The summed E-state index contributed by atoms with van der Waals surface area (Å²) >= 11 is 0. The van der Waals surface area contributed by atoms with Gasteiger partial charge < -0.3 is 21.1 Å². The van der Waals surface area contributed by atoms with Crippen LogP contribution in [0.3, 0.4) is 0 Å². The zero-order valence-corrected chi connectivity index (χ0v) is 12.7. The number of hydrogen-bond donors (Lipinski definition) is 4. The zero-order chi connectivity index (χ0) is 15.9. The van der Waals surface area contributed by atoms with Crippen molar-refractivity contribution in [3.05, 3.63) is 0 Å². The number of urea groups is 1. The summed E-state index contributed by atoms with van der Waals surface area (Å²) in [5.41, 5.74) is -1.22. The summed E-state index contributed by atoms with van der Waals surface area (Å²) < 4.78 is 0. The van der Waals surface area contributed by atoms with E-state index in [4.69, 9.17) is 0 Å². The minimum atomic E-state index is -1.22. The van der Waals surface area contributed by atoms with Gasteiger partial charge in [-0.05, 0) is 26.7 Å². The topological polar surface area (TPSA) is 108 Å². The second-order valence-electron chi connectivity index (χ2n) is 5.52. The van der Waals surface area contributed by atoms with Crippen molar-refractivity contribution in [2.75, 3.05) is 6.54 Å². The van der Waals surface area contributed by atoms with E-state index in [1.807, 2.05) is 0 Å². The molecule has 0 heterocycles. The van der Waals surface area contributed by atoms with Crippen LogP contribution in [0.15, 0.2) is 0 Å². The predicted molar refractivity (Wildman–Crippen MR) is 77.9 cm³/mol. The maximum Gasteiger partial charge on any atom is 0.329 e. The molecular formula is C14H25N3O4. The molecule has 0 aliphatic heterocycles. The molecule has 120 valence electrons. The fourth-order valence-electron chi connectivity index (χ4n) is 2.57. The van der Waals surface area contributed by atoms with Crippen LogP contribution in [0.1, 0.15) is 52.4 Å². The average molecular weight is 299 g/mol. The quantitative estimate of drug-likeness (QED) is 0.568. The number of hydrogen-bond acceptors (Lipinski definition) is 3. The van der Waals surface area contributed by atoms with Crippen molar-refractivity contribution >= 4 is 17.9 Å². The predicted octanol–water partition coefficient (Wildman–Crippen LogP) is 0.988. The Morgan fingerprint density at radius 2 is 1.71 bits per heavy atom. The Kier molecular flexibility index (Phi) is 6.45. The molecule has 1 rings (SSSR count). The van der Waals surface area contributed by atoms with Crippen molar-refractivity contribution < 1.29 is 19.5 Å². The monoisotopic (exact) mass is 299 g/mol. The molecule has 0 spiro atoms. The first kappa shape index (κ1) is 17.3. The molecule has 1 unspecified atom stereocenters. The molecule has 7 nitrogen and oxygen atoms in total. The Bertz CT molecular complexity index is 390. The number of carboxylic acids is 1. The summed E-state index contributed by atoms with van der Waals surface area (Å²) in [6.07, 6.45) is 4.36. The van der Waals surface area contributed by atoms with E-state index in [-0.39, 0.29) is 5.91 Å². The molecule has 1 fully saturated rings. The summed E-state index contributed by atoms with van der Waals surface area (Å²) in [4.78, 5) is 35.1. The Hall–Kier alpha value is -1.79. The number of amides is 3. The van der Waals surface area contributed by atoms with E-state index in [0.717, 1.165) is 25.7 Å². The third-order valence-electron chi connectivity index (χ3n) is 3.81. The lowest BCUT2D eigenvalue weighted by atomic mass is 9.90. The van der Waals surface area contributed by atoms with E-state index in [0.29, 0.717) is 19.4 Å². The number of nitrogens with one attached hydrogen (secondary N) is 3. The van der Waals surface area contributed by atoms with Crippen molar-refractivity contribution in [1.29, 1.82) is 0 Å². The normalized spacial score (nSPS) is 19.0. The van der Waals surface area contributed by atoms with Crippen molar-refractivity contribution in [3.8, 4) is 0 Å². The fourth-order valence-corrected chi connectivity index (χ4v) is 2.57. The van der Waals surface area contributed by atoms with Crippen LogP contribution in [-0.2, 0) is 9.59 Å². The molecule has 1 saturated carbocycles. The van der Waals surface area contributed by atoms with Gasteiger partial charge >= 0.3 is 12.0 Å². The summed E-state index contributed by atoms with van der Waals surface area (Å²) in [5.74, 6) is -1.30. The lowest BCUT2D eigenvalue weighted by molar-refractivity contribution is -0.145. The maximum absolute atomic E-state index is 12.0. The highest BCUT2D eigenvalue weighted by atomic mass is 16.4. The molecule has 0 aromatic rings. The molecule has 3 amide bonds. The van der Waals surface area contributed by atoms with E-state index in [2.05, 4.69) is 16.0 Å². The molecule has 0 aromatic heterocycles. The standard InChI is InChI=1S/C14H25N3O4/c1-3-15-11(18)10(2)16-13(21)17-14(12(19)20)8-6-4-5-7-9-14/h10H,3-9H2,1-2H3,(H,15,18)(H,19,20)(H2,16,17,21). The van der Waals surface area contributed by atoms with Crippen LogP contribution in [0.5, 0.6) is 0 Å². The zero-order valence-electron chi connectivity index (χ0n) is 12.7. The van der Waals surface area contributed by atoms with Gasteiger partial charge in [0.05, 0.1) is 0 Å². The summed E-state index contributed by atoms with van der Waals surface area (Å²) in [6.45, 7) is 3.83. The van der Waals surface area contributed by atoms with Gasteiger partial charge in [0.2, 0.25) is 5.91 Å². The second kappa shape index (κ2) is 7.85. The number of carbonyl (C=O) groups excluding carboxylic acids is 2. The van der Waals surface area contributed by atoms with Gasteiger partial charge in [0, 0.05) is 6.54 Å². The fraction of sp³-hybridized carbons (Fsp3) is 0.786. The summed E-state index contributed by atoms with van der Waals surface area (Å²) in [6, 6.07) is -1.32. The van der Waals surface area contributed by atoms with Gasteiger partial charge in [-0.15, -0.1) is 0 Å². The van der Waals surface area contributed by atoms with E-state index >= 15 is 0 Å². The largest absolute Gasteiger partial charge is 0.480 e. The van der Waals surface area contributed by atoms with E-state index in [1.54, 1.807) is 13.8 Å². The van der Waals surface area contributed by atoms with Crippen molar-refractivity contribution in [2.24, 2.45) is 0 Å². The number of rotatable bonds is 5. The lowest BCUT2D eigenvalue weighted by Crippen LogP contribution is -2.59. The Balaban J connectivity index is 2.64. The molecule has 0 radical (unpaired) electrons. The molecule has 7 heteroatoms. The van der Waals surface area contributed by atoms with Crippen molar-refractivity contribution in [2.45, 2.75) is 64.0 Å². The van der Waals surface area contributed by atoms with Crippen molar-refractivity contribution in [1.82, 2.24) is 16.0 Å². The van der Waals surface area contributed by atoms with Crippen LogP contribution in [-0.4, -0.2) is 41.1 Å². The number of likely N-dealkylation sites (N-methyl/N-ethyl adjacent to an activating group) is 1. The SMILES string of the molecule is CCNC(=O)C(C)NC(=O)NC1(C(=O)O)CCCCCC1. The average Bonchev–Trinajstić information content (AvgIpc) is 2.65. The summed E-state index contributed by atoms with van der Waals surface area (Å²) in [7, 11) is 0. The number of carboxylic acid groups (broad SMARTS) is 1. The Morgan fingerprint density at radius 3 is 2.19 bits per heavy atom. The first-order valence-electron chi connectivity index (χ1n) is 7.51. The van der Waals surface area contributed by atoms with E-state index in [9.17, 15) is 19.5 Å². The van der Waals surface area contributed by atoms with Gasteiger partial charge in [-0.25, -0.2) is 9.59 Å². The molecule has 0 bridgehead atoms. The molecule has 21 heavy (non-hydrogen) atoms. The van der Waals surface area contributed by atoms with Gasteiger partial charge in [-0.2, -0.15) is 0 Å². The van der Waals surface area contributed by atoms with Gasteiger partial charge in [-0.3, -0.25) is 4.79 Å². The molecule has 1 aliphatic rings. The molecule has 1 atom stereocenters. The van der Waals surface area contributed by atoms with Gasteiger partial charge in [-0.1, -0.05) is 25.7 Å². The third-order valence-corrected chi connectivity index (χ3v) is 3.81. The minimum absolute atomic E-state index is 0.294. The Morgan fingerprint density at radius 1 is 1.14 bits per heavy atom. The maximum atomic E-state index is 12.0. The van der Waals surface area contributed by atoms with Crippen LogP contribution < -0.4 is 16.0 Å². The van der Waals surface area contributed by atoms with Crippen LogP contribution >= 0.6 is 0 Å². The Labute approximate surface area is 124 Å². The molecule has 0 saturated heterocycles. The van der Waals surface area contributed by atoms with E-state index in [1.165, 1.54) is 0 Å². The number of carbonyl (C=O) groups is 3. The van der Waals surface area contributed by atoms with Gasteiger partial charge in [0.1, 0.15) is 11.6 Å². The smallest absolute Gasteiger partial charge is 0.329 e. The lowest BCUT2D eigenvalue weighted by Gasteiger charge is -2.29. The molecule has 4 N–H and O–H groups in total. The first-order chi connectivity index (χ1) is 9.91. The minimum Gasteiger partial charge on any atom is -0.480 e. The highest BCUT2D eigenvalue weighted by Crippen LogP contribution is 2.27. The highest BCUT2D eigenvalue weighted by Gasteiger charge is 2.40. The van der Waals surface area contributed by atoms with Crippen LogP contribution in [0.2, 0.25) is 0 Å².